The van der Waals surface area contributed by atoms with Gasteiger partial charge in [0.15, 0.2) is 5.13 Å². The van der Waals surface area contributed by atoms with Gasteiger partial charge in [-0.1, -0.05) is 17.4 Å². The van der Waals surface area contributed by atoms with Gasteiger partial charge in [-0.05, 0) is 31.5 Å². The van der Waals surface area contributed by atoms with Crippen LogP contribution in [0.2, 0.25) is 0 Å². The van der Waals surface area contributed by atoms with Crippen LogP contribution in [0.4, 0.5) is 10.8 Å². The van der Waals surface area contributed by atoms with Crippen LogP contribution in [-0.4, -0.2) is 25.6 Å². The van der Waals surface area contributed by atoms with Gasteiger partial charge in [-0.3, -0.25) is 24.9 Å². The number of carbonyl (C=O) groups is 1. The van der Waals surface area contributed by atoms with Crippen molar-refractivity contribution in [1.29, 1.82) is 0 Å². The first-order valence-corrected chi connectivity index (χ1v) is 7.55. The molecule has 0 fully saturated rings. The van der Waals surface area contributed by atoms with Crippen LogP contribution >= 0.6 is 11.3 Å². The smallest absolute Gasteiger partial charge is 0.296 e. The van der Waals surface area contributed by atoms with Crippen LogP contribution in [0.5, 0.6) is 0 Å². The molecule has 0 aliphatic carbocycles. The summed E-state index contributed by atoms with van der Waals surface area (Å²) in [5.41, 5.74) is 1.68. The predicted molar refractivity (Wildman–Crippen MR) is 86.9 cm³/mol. The monoisotopic (exact) mass is 331 g/mol. The first-order valence-electron chi connectivity index (χ1n) is 6.73. The predicted octanol–water partition coefficient (Wildman–Crippen LogP) is 2.81. The number of aromatic nitrogens is 3. The van der Waals surface area contributed by atoms with E-state index in [1.807, 2.05) is 25.1 Å². The molecule has 0 saturated heterocycles. The molecule has 0 aliphatic heterocycles. The summed E-state index contributed by atoms with van der Waals surface area (Å²) >= 11 is 1.32. The van der Waals surface area contributed by atoms with Gasteiger partial charge < -0.3 is 0 Å². The van der Waals surface area contributed by atoms with Crippen molar-refractivity contribution in [1.82, 2.24) is 14.8 Å². The van der Waals surface area contributed by atoms with E-state index in [2.05, 4.69) is 15.4 Å². The highest BCUT2D eigenvalue weighted by Gasteiger charge is 2.29. The van der Waals surface area contributed by atoms with Crippen LogP contribution in [0.25, 0.3) is 10.2 Å². The van der Waals surface area contributed by atoms with Crippen LogP contribution in [0.1, 0.15) is 21.7 Å². The Kier molecular flexibility index (Phi) is 3.57. The van der Waals surface area contributed by atoms with Crippen LogP contribution in [-0.2, 0) is 7.05 Å². The molecule has 1 amide bonds. The largest absolute Gasteiger partial charge is 0.322 e. The van der Waals surface area contributed by atoms with Crippen molar-refractivity contribution in [2.45, 2.75) is 13.8 Å². The molecule has 23 heavy (non-hydrogen) atoms. The quantitative estimate of drug-likeness (QED) is 0.587. The maximum absolute atomic E-state index is 12.4. The molecule has 0 saturated carbocycles. The number of hydrogen-bond acceptors (Lipinski definition) is 6. The van der Waals surface area contributed by atoms with Gasteiger partial charge in [0.1, 0.15) is 5.69 Å². The fourth-order valence-corrected chi connectivity index (χ4v) is 3.32. The van der Waals surface area contributed by atoms with E-state index in [0.29, 0.717) is 5.13 Å². The number of nitrogens with zero attached hydrogens (tertiary/aromatic N) is 4. The number of aryl methyl sites for hydroxylation is 3. The molecular formula is C14H13N5O3S. The Balaban J connectivity index is 1.96. The van der Waals surface area contributed by atoms with Gasteiger partial charge in [-0.15, -0.1) is 0 Å². The number of nitro groups is 1. The summed E-state index contributed by atoms with van der Waals surface area (Å²) in [5, 5.41) is 18.1. The summed E-state index contributed by atoms with van der Waals surface area (Å²) in [5.74, 6) is -0.601. The Hall–Kier alpha value is -2.81. The molecule has 0 radical (unpaired) electrons. The first kappa shape index (κ1) is 15.1. The van der Waals surface area contributed by atoms with Crippen LogP contribution in [0.15, 0.2) is 18.2 Å². The zero-order chi connectivity index (χ0) is 16.7. The summed E-state index contributed by atoms with van der Waals surface area (Å²) in [4.78, 5) is 27.3. The molecule has 8 nitrogen and oxygen atoms in total. The second-order valence-electron chi connectivity index (χ2n) is 5.11. The minimum Gasteiger partial charge on any atom is -0.296 e. The van der Waals surface area contributed by atoms with E-state index in [1.165, 1.54) is 30.0 Å². The topological polar surface area (TPSA) is 103 Å². The molecule has 1 N–H and O–H groups in total. The van der Waals surface area contributed by atoms with Crippen molar-refractivity contribution < 1.29 is 9.72 Å². The normalized spacial score (nSPS) is 10.9. The lowest BCUT2D eigenvalue weighted by molar-refractivity contribution is -0.385. The van der Waals surface area contributed by atoms with E-state index < -0.39 is 10.8 Å². The Morgan fingerprint density at radius 2 is 2.13 bits per heavy atom. The number of nitrogens with one attached hydrogen (secondary N) is 1. The molecular weight excluding hydrogens is 318 g/mol. The van der Waals surface area contributed by atoms with E-state index in [9.17, 15) is 14.9 Å². The van der Waals surface area contributed by atoms with Crippen molar-refractivity contribution in [2.75, 3.05) is 5.32 Å². The number of fused-ring (bicyclic) bond motifs is 1. The van der Waals surface area contributed by atoms with Crippen LogP contribution in [0.3, 0.4) is 0 Å². The fourth-order valence-electron chi connectivity index (χ4n) is 2.36. The minimum atomic E-state index is -0.601. The number of thiazole rings is 1. The van der Waals surface area contributed by atoms with Gasteiger partial charge in [0.25, 0.3) is 5.91 Å². The highest BCUT2D eigenvalue weighted by atomic mass is 32.1. The second kappa shape index (κ2) is 5.43. The average Bonchev–Trinajstić information content (AvgIpc) is 2.97. The third kappa shape index (κ3) is 2.66. The molecule has 3 rings (SSSR count). The highest BCUT2D eigenvalue weighted by molar-refractivity contribution is 7.22. The SMILES string of the molecule is Cc1ccc2nc(NC(=O)c3c([N+](=O)[O-])c(C)nn3C)sc2c1. The van der Waals surface area contributed by atoms with Gasteiger partial charge in [0.05, 0.1) is 15.1 Å². The molecule has 2 aromatic heterocycles. The Morgan fingerprint density at radius 3 is 2.83 bits per heavy atom. The molecule has 1 aromatic carbocycles. The van der Waals surface area contributed by atoms with E-state index >= 15 is 0 Å². The molecule has 118 valence electrons. The van der Waals surface area contributed by atoms with Crippen molar-refractivity contribution in [3.8, 4) is 0 Å². The lowest BCUT2D eigenvalue weighted by Crippen LogP contribution is -2.17. The number of hydrogen-bond donors (Lipinski definition) is 1. The third-order valence-electron chi connectivity index (χ3n) is 3.35. The number of amides is 1. The van der Waals surface area contributed by atoms with Crippen molar-refractivity contribution in [2.24, 2.45) is 7.05 Å². The molecule has 2 heterocycles. The molecule has 3 aromatic rings. The van der Waals surface area contributed by atoms with E-state index in [1.54, 1.807) is 0 Å². The average molecular weight is 331 g/mol. The molecule has 0 atom stereocenters. The molecule has 0 unspecified atom stereocenters. The Morgan fingerprint density at radius 1 is 1.39 bits per heavy atom. The van der Waals surface area contributed by atoms with Gasteiger partial charge in [0.2, 0.25) is 5.69 Å². The zero-order valence-electron chi connectivity index (χ0n) is 12.7. The summed E-state index contributed by atoms with van der Waals surface area (Å²) in [6.45, 7) is 3.47. The van der Waals surface area contributed by atoms with E-state index in [-0.39, 0.29) is 17.1 Å². The highest BCUT2D eigenvalue weighted by Crippen LogP contribution is 2.28. The van der Waals surface area contributed by atoms with E-state index in [4.69, 9.17) is 0 Å². The third-order valence-corrected chi connectivity index (χ3v) is 4.29. The van der Waals surface area contributed by atoms with Gasteiger partial charge in [-0.25, -0.2) is 4.98 Å². The Labute approximate surface area is 134 Å². The maximum atomic E-state index is 12.4. The molecule has 0 bridgehead atoms. The van der Waals surface area contributed by atoms with Crippen LogP contribution in [0, 0.1) is 24.0 Å². The number of benzene rings is 1. The summed E-state index contributed by atoms with van der Waals surface area (Å²) in [7, 11) is 1.50. The summed E-state index contributed by atoms with van der Waals surface area (Å²) in [6.07, 6.45) is 0. The molecule has 0 aliphatic rings. The fraction of sp³-hybridized carbons (Fsp3) is 0.214. The second-order valence-corrected chi connectivity index (χ2v) is 6.14. The number of carbonyl (C=O) groups excluding carboxylic acids is 1. The maximum Gasteiger partial charge on any atom is 0.322 e. The standard InChI is InChI=1S/C14H13N5O3S/c1-7-4-5-9-10(6-7)23-14(15-9)16-13(20)12-11(19(21)22)8(2)17-18(12)3/h4-6H,1-3H3,(H,15,16,20). The number of anilines is 1. The van der Waals surface area contributed by atoms with Crippen molar-refractivity contribution >= 4 is 38.3 Å². The lowest BCUT2D eigenvalue weighted by Gasteiger charge is -2.01. The van der Waals surface area contributed by atoms with Crippen molar-refractivity contribution in [3.63, 3.8) is 0 Å². The lowest BCUT2D eigenvalue weighted by atomic mass is 10.2. The van der Waals surface area contributed by atoms with Gasteiger partial charge in [-0.2, -0.15) is 5.10 Å². The summed E-state index contributed by atoms with van der Waals surface area (Å²) in [6, 6.07) is 5.77. The number of rotatable bonds is 3. The zero-order valence-corrected chi connectivity index (χ0v) is 13.5. The van der Waals surface area contributed by atoms with Gasteiger partial charge >= 0.3 is 5.69 Å². The Bertz CT molecular complexity index is 943. The first-order chi connectivity index (χ1) is 10.9. The van der Waals surface area contributed by atoms with Crippen molar-refractivity contribution in [3.05, 3.63) is 45.3 Å². The van der Waals surface area contributed by atoms with Crippen LogP contribution < -0.4 is 5.32 Å². The van der Waals surface area contributed by atoms with E-state index in [0.717, 1.165) is 15.8 Å². The van der Waals surface area contributed by atoms with Gasteiger partial charge in [0, 0.05) is 7.05 Å². The minimum absolute atomic E-state index is 0.0945. The molecule has 0 spiro atoms. The molecule has 9 heteroatoms. The summed E-state index contributed by atoms with van der Waals surface area (Å²) < 4.78 is 2.15.